The number of nitrogens with one attached hydrogen (secondary N) is 1. The normalized spacial score (nSPS) is 12.3. The number of alkyl halides is 10. The van der Waals surface area contributed by atoms with Crippen LogP contribution in [-0.4, -0.2) is 38.6 Å². The minimum absolute atomic E-state index is 0.0518. The van der Waals surface area contributed by atoms with E-state index in [0.717, 1.165) is 28.7 Å². The summed E-state index contributed by atoms with van der Waals surface area (Å²) in [6.07, 6.45) is -17.6. The molecular formula is C28H17BF10IN3O2. The van der Waals surface area contributed by atoms with Gasteiger partial charge in [0.15, 0.2) is 0 Å². The fraction of sp³-hybridized carbons (Fsp3) is 0.179. The first-order valence-electron chi connectivity index (χ1n) is 12.3. The van der Waals surface area contributed by atoms with E-state index in [-0.39, 0.29) is 40.5 Å². The third-order valence-electron chi connectivity index (χ3n) is 6.47. The Morgan fingerprint density at radius 1 is 0.956 bits per heavy atom. The molecule has 0 saturated heterocycles. The standard InChI is InChI=1S/C28H17BF10IN3O2/c1-2-10-43(24(45)15-8-6-14(13-41)7-9-15)20-5-3-4-17(21(20)29)23(44)42-22-18(26(31,32)33)11-16(12-19(22)40)25(30,27(34,35)36)28(37,38)39/h2-9,11-12H,1,10,29H2,(H,42,44). The van der Waals surface area contributed by atoms with Crippen LogP contribution in [0.4, 0.5) is 55.3 Å². The van der Waals surface area contributed by atoms with E-state index in [2.05, 4.69) is 6.58 Å². The van der Waals surface area contributed by atoms with Crippen molar-refractivity contribution in [2.75, 3.05) is 16.8 Å². The summed E-state index contributed by atoms with van der Waals surface area (Å²) in [4.78, 5) is 27.7. The van der Waals surface area contributed by atoms with Crippen molar-refractivity contribution >= 4 is 59.1 Å². The Kier molecular flexibility index (Phi) is 10.0. The highest BCUT2D eigenvalue weighted by Crippen LogP contribution is 2.54. The van der Waals surface area contributed by atoms with Crippen molar-refractivity contribution < 1.29 is 53.5 Å². The van der Waals surface area contributed by atoms with E-state index < -0.39 is 62.5 Å². The molecule has 0 bridgehead atoms. The second-order valence-electron chi connectivity index (χ2n) is 9.33. The maximum Gasteiger partial charge on any atom is 0.435 e. The molecule has 236 valence electrons. The second-order valence-corrected chi connectivity index (χ2v) is 10.5. The van der Waals surface area contributed by atoms with Crippen molar-refractivity contribution in [3.8, 4) is 6.07 Å². The smallest absolute Gasteiger partial charge is 0.320 e. The monoisotopic (exact) mass is 755 g/mol. The first-order chi connectivity index (χ1) is 20.7. The number of nitriles is 1. The largest absolute Gasteiger partial charge is 0.435 e. The fourth-order valence-electron chi connectivity index (χ4n) is 4.25. The molecule has 3 rings (SSSR count). The Labute approximate surface area is 263 Å². The van der Waals surface area contributed by atoms with Crippen LogP contribution in [0.3, 0.4) is 0 Å². The molecule has 2 amide bonds. The number of halogens is 11. The number of carbonyl (C=O) groups excluding carboxylic acids is 2. The van der Waals surface area contributed by atoms with Crippen molar-refractivity contribution in [3.63, 3.8) is 0 Å². The molecule has 5 nitrogen and oxygen atoms in total. The summed E-state index contributed by atoms with van der Waals surface area (Å²) in [5.74, 6) is -1.87. The summed E-state index contributed by atoms with van der Waals surface area (Å²) < 4.78 is 135. The van der Waals surface area contributed by atoms with Gasteiger partial charge in [-0.3, -0.25) is 9.59 Å². The molecule has 0 aliphatic heterocycles. The van der Waals surface area contributed by atoms with E-state index in [0.29, 0.717) is 0 Å². The van der Waals surface area contributed by atoms with Gasteiger partial charge in [-0.05, 0) is 71.1 Å². The Morgan fingerprint density at radius 3 is 2.02 bits per heavy atom. The van der Waals surface area contributed by atoms with Gasteiger partial charge in [0.05, 0.1) is 22.9 Å². The van der Waals surface area contributed by atoms with Crippen LogP contribution in [0.25, 0.3) is 0 Å². The van der Waals surface area contributed by atoms with Gasteiger partial charge in [0.25, 0.3) is 11.8 Å². The Hall–Kier alpha value is -4.08. The van der Waals surface area contributed by atoms with Crippen LogP contribution < -0.4 is 15.7 Å². The summed E-state index contributed by atoms with van der Waals surface area (Å²) in [5.41, 5.74) is -11.7. The lowest BCUT2D eigenvalue weighted by Crippen LogP contribution is -2.50. The molecule has 0 aliphatic rings. The molecule has 0 heterocycles. The van der Waals surface area contributed by atoms with Crippen LogP contribution in [0.15, 0.2) is 67.3 Å². The topological polar surface area (TPSA) is 73.2 Å². The van der Waals surface area contributed by atoms with Crippen molar-refractivity contribution in [2.45, 2.75) is 24.2 Å². The van der Waals surface area contributed by atoms with Crippen molar-refractivity contribution in [1.29, 1.82) is 5.26 Å². The van der Waals surface area contributed by atoms with Gasteiger partial charge in [0.2, 0.25) is 0 Å². The molecule has 3 aromatic rings. The van der Waals surface area contributed by atoms with Gasteiger partial charge in [-0.15, -0.1) is 6.58 Å². The second kappa shape index (κ2) is 12.7. The van der Waals surface area contributed by atoms with Gasteiger partial charge < -0.3 is 10.2 Å². The van der Waals surface area contributed by atoms with E-state index in [9.17, 15) is 53.5 Å². The number of anilines is 2. The minimum atomic E-state index is -6.67. The molecule has 45 heavy (non-hydrogen) atoms. The molecule has 0 radical (unpaired) electrons. The van der Waals surface area contributed by atoms with Crippen LogP contribution in [0.1, 0.15) is 37.4 Å². The molecule has 0 aromatic heterocycles. The van der Waals surface area contributed by atoms with Gasteiger partial charge in [0, 0.05) is 32.5 Å². The highest BCUT2D eigenvalue weighted by Gasteiger charge is 2.73. The Balaban J connectivity index is 2.11. The summed E-state index contributed by atoms with van der Waals surface area (Å²) in [7, 11) is 1.34. The van der Waals surface area contributed by atoms with E-state index >= 15 is 0 Å². The highest BCUT2D eigenvalue weighted by atomic mass is 127. The first-order valence-corrected chi connectivity index (χ1v) is 13.3. The number of amides is 2. The van der Waals surface area contributed by atoms with Gasteiger partial charge in [-0.1, -0.05) is 17.6 Å². The molecule has 1 N–H and O–H groups in total. The maximum absolute atomic E-state index is 14.6. The summed E-state index contributed by atoms with van der Waals surface area (Å²) in [6, 6.07) is 10.5. The van der Waals surface area contributed by atoms with Crippen LogP contribution in [-0.2, 0) is 11.8 Å². The predicted molar refractivity (Wildman–Crippen MR) is 155 cm³/mol. The summed E-state index contributed by atoms with van der Waals surface area (Å²) >= 11 is 0.958. The molecule has 0 atom stereocenters. The Morgan fingerprint density at radius 2 is 1.53 bits per heavy atom. The van der Waals surface area contributed by atoms with Crippen molar-refractivity contribution in [2.24, 2.45) is 0 Å². The van der Waals surface area contributed by atoms with Crippen LogP contribution >= 0.6 is 22.6 Å². The predicted octanol–water partition coefficient (Wildman–Crippen LogP) is 6.81. The third-order valence-corrected chi connectivity index (χ3v) is 7.32. The molecular weight excluding hydrogens is 738 g/mol. The highest BCUT2D eigenvalue weighted by molar-refractivity contribution is 14.1. The number of carbonyl (C=O) groups is 2. The number of hydrogen-bond donors (Lipinski definition) is 1. The quantitative estimate of drug-likeness (QED) is 0.125. The van der Waals surface area contributed by atoms with Gasteiger partial charge in [-0.2, -0.15) is 44.8 Å². The average molecular weight is 755 g/mol. The first kappa shape index (κ1) is 35.4. The third kappa shape index (κ3) is 6.95. The molecule has 0 spiro atoms. The van der Waals surface area contributed by atoms with Gasteiger partial charge in [-0.25, -0.2) is 4.39 Å². The van der Waals surface area contributed by atoms with Crippen LogP contribution in [0.5, 0.6) is 0 Å². The molecule has 3 aromatic carbocycles. The molecule has 0 unspecified atom stereocenters. The lowest BCUT2D eigenvalue weighted by atomic mass is 9.87. The number of nitrogens with zero attached hydrogens (tertiary/aromatic N) is 2. The Bertz CT molecular complexity index is 1670. The molecule has 17 heteroatoms. The maximum atomic E-state index is 14.6. The zero-order valence-corrected chi connectivity index (χ0v) is 24.7. The van der Waals surface area contributed by atoms with Gasteiger partial charge in [0.1, 0.15) is 7.85 Å². The van der Waals surface area contributed by atoms with Gasteiger partial charge >= 0.3 is 24.2 Å². The van der Waals surface area contributed by atoms with E-state index in [1.165, 1.54) is 55.2 Å². The van der Waals surface area contributed by atoms with Crippen molar-refractivity contribution in [3.05, 3.63) is 98.6 Å². The number of hydrogen-bond acceptors (Lipinski definition) is 3. The fourth-order valence-corrected chi connectivity index (χ4v) is 5.01. The summed E-state index contributed by atoms with van der Waals surface area (Å²) in [6.45, 7) is 3.47. The molecule has 0 saturated carbocycles. The number of benzene rings is 3. The van der Waals surface area contributed by atoms with E-state index in [1.54, 1.807) is 0 Å². The van der Waals surface area contributed by atoms with E-state index in [4.69, 9.17) is 5.26 Å². The lowest BCUT2D eigenvalue weighted by Gasteiger charge is -2.31. The molecule has 0 fully saturated rings. The molecule has 0 aliphatic carbocycles. The zero-order chi connectivity index (χ0) is 34.1. The summed E-state index contributed by atoms with van der Waals surface area (Å²) in [5, 5.41) is 10.9. The lowest BCUT2D eigenvalue weighted by molar-refractivity contribution is -0.348. The van der Waals surface area contributed by atoms with Crippen LogP contribution in [0, 0.1) is 14.9 Å². The SMILES string of the molecule is Bc1c(C(=O)Nc2c(I)cc(C(F)(C(F)(F)F)C(F)(F)F)cc2C(F)(F)F)cccc1N(CC=C)C(=O)c1ccc(C#N)cc1. The average Bonchev–Trinajstić information content (AvgIpc) is 2.94. The van der Waals surface area contributed by atoms with Crippen LogP contribution in [0.2, 0.25) is 0 Å². The minimum Gasteiger partial charge on any atom is -0.320 e. The van der Waals surface area contributed by atoms with E-state index in [1.807, 2.05) is 11.4 Å². The van der Waals surface area contributed by atoms with Crippen molar-refractivity contribution in [1.82, 2.24) is 0 Å². The number of rotatable bonds is 7. The zero-order valence-electron chi connectivity index (χ0n) is 22.6.